The Morgan fingerprint density at radius 2 is 1.85 bits per heavy atom. The highest BCUT2D eigenvalue weighted by Gasteiger charge is 2.56. The molecule has 2 aliphatic heterocycles. The minimum Gasteiger partial charge on any atom is -0.381 e. The van der Waals surface area contributed by atoms with Gasteiger partial charge in [-0.05, 0) is 25.1 Å². The van der Waals surface area contributed by atoms with Crippen LogP contribution >= 0.6 is 0 Å². The van der Waals surface area contributed by atoms with Gasteiger partial charge in [-0.1, -0.05) is 23.4 Å². The molecule has 2 aromatic carbocycles. The molecule has 1 fully saturated rings. The average Bonchev–Trinajstić information content (AvgIpc) is 3.17. The molecule has 0 N–H and O–H groups in total. The van der Waals surface area contributed by atoms with E-state index in [0.29, 0.717) is 11.1 Å². The van der Waals surface area contributed by atoms with Crippen LogP contribution in [0.25, 0.3) is 0 Å². The molecule has 136 valence electrons. The smallest absolute Gasteiger partial charge is 0.278 e. The Balaban J connectivity index is 1.71. The van der Waals surface area contributed by atoms with Gasteiger partial charge in [-0.2, -0.15) is 0 Å². The number of nitrogens with zero attached hydrogens (tertiary/aromatic N) is 3. The van der Waals surface area contributed by atoms with Crippen LogP contribution in [0.15, 0.2) is 47.6 Å². The number of imide groups is 1. The van der Waals surface area contributed by atoms with Gasteiger partial charge in [-0.25, -0.2) is 9.29 Å². The number of benzene rings is 2. The summed E-state index contributed by atoms with van der Waals surface area (Å²) in [4.78, 5) is 42.2. The van der Waals surface area contributed by atoms with E-state index in [9.17, 15) is 24.1 Å². The highest BCUT2D eigenvalue weighted by Crippen LogP contribution is 2.36. The van der Waals surface area contributed by atoms with Gasteiger partial charge in [0.15, 0.2) is 0 Å². The van der Waals surface area contributed by atoms with Crippen LogP contribution in [0.1, 0.15) is 11.1 Å². The lowest BCUT2D eigenvalue weighted by molar-refractivity contribution is -0.385. The molecule has 2 unspecified atom stereocenters. The van der Waals surface area contributed by atoms with Crippen LogP contribution in [0.4, 0.5) is 15.8 Å². The first-order valence-corrected chi connectivity index (χ1v) is 8.01. The second-order valence-electron chi connectivity index (χ2n) is 6.23. The third kappa shape index (κ3) is 2.55. The fraction of sp³-hybridized carbons (Fsp3) is 0.167. The maximum absolute atomic E-state index is 13.1. The van der Waals surface area contributed by atoms with Crippen molar-refractivity contribution in [1.29, 1.82) is 0 Å². The summed E-state index contributed by atoms with van der Waals surface area (Å²) in [6.07, 6.45) is -1.14. The van der Waals surface area contributed by atoms with E-state index in [1.54, 1.807) is 6.92 Å². The molecular weight excluding hydrogens is 357 g/mol. The summed E-state index contributed by atoms with van der Waals surface area (Å²) in [6.45, 7) is 1.56. The number of nitro groups is 1. The molecule has 0 saturated carbocycles. The number of carbonyl (C=O) groups excluding carboxylic acids is 2. The molecular formula is C18H12FN3O5. The van der Waals surface area contributed by atoms with Gasteiger partial charge in [0.2, 0.25) is 12.0 Å². The first kappa shape index (κ1) is 16.8. The molecule has 8 nitrogen and oxygen atoms in total. The van der Waals surface area contributed by atoms with Gasteiger partial charge in [0.1, 0.15) is 17.4 Å². The van der Waals surface area contributed by atoms with Crippen molar-refractivity contribution in [2.75, 3.05) is 4.90 Å². The zero-order valence-corrected chi connectivity index (χ0v) is 14.0. The quantitative estimate of drug-likeness (QED) is 0.469. The highest BCUT2D eigenvalue weighted by molar-refractivity contribution is 6.32. The largest absolute Gasteiger partial charge is 0.381 e. The van der Waals surface area contributed by atoms with Gasteiger partial charge in [0.05, 0.1) is 10.6 Å². The van der Waals surface area contributed by atoms with E-state index >= 15 is 0 Å². The monoisotopic (exact) mass is 369 g/mol. The Kier molecular flexibility index (Phi) is 3.72. The number of fused-ring (bicyclic) bond motifs is 1. The van der Waals surface area contributed by atoms with E-state index < -0.39 is 34.6 Å². The molecule has 2 heterocycles. The number of nitro benzene ring substituents is 1. The zero-order valence-electron chi connectivity index (χ0n) is 14.0. The van der Waals surface area contributed by atoms with Gasteiger partial charge in [0.25, 0.3) is 11.6 Å². The summed E-state index contributed by atoms with van der Waals surface area (Å²) in [7, 11) is 0. The number of amides is 2. The maximum Gasteiger partial charge on any atom is 0.278 e. The van der Waals surface area contributed by atoms with E-state index in [1.807, 2.05) is 0 Å². The normalized spacial score (nSPS) is 21.1. The fourth-order valence-corrected chi connectivity index (χ4v) is 3.22. The molecule has 2 aliphatic rings. The van der Waals surface area contributed by atoms with Crippen molar-refractivity contribution < 1.29 is 23.7 Å². The Morgan fingerprint density at radius 1 is 1.15 bits per heavy atom. The third-order valence-corrected chi connectivity index (χ3v) is 4.60. The number of hydrogen-bond acceptors (Lipinski definition) is 6. The van der Waals surface area contributed by atoms with E-state index in [1.165, 1.54) is 42.5 Å². The maximum atomic E-state index is 13.1. The molecule has 0 spiro atoms. The highest BCUT2D eigenvalue weighted by atomic mass is 19.1. The predicted molar refractivity (Wildman–Crippen MR) is 91.6 cm³/mol. The van der Waals surface area contributed by atoms with Gasteiger partial charge in [0, 0.05) is 17.2 Å². The number of hydrogen-bond donors (Lipinski definition) is 0. The van der Waals surface area contributed by atoms with Crippen LogP contribution < -0.4 is 4.90 Å². The summed E-state index contributed by atoms with van der Waals surface area (Å²) >= 11 is 0. The first-order valence-electron chi connectivity index (χ1n) is 8.01. The number of rotatable bonds is 3. The van der Waals surface area contributed by atoms with Crippen LogP contribution in [0.2, 0.25) is 0 Å². The van der Waals surface area contributed by atoms with E-state index in [0.717, 1.165) is 4.90 Å². The van der Waals surface area contributed by atoms with Crippen molar-refractivity contribution in [3.8, 4) is 0 Å². The third-order valence-electron chi connectivity index (χ3n) is 4.60. The van der Waals surface area contributed by atoms with Gasteiger partial charge >= 0.3 is 0 Å². The molecule has 1 saturated heterocycles. The van der Waals surface area contributed by atoms with Gasteiger partial charge < -0.3 is 4.84 Å². The Morgan fingerprint density at radius 3 is 2.52 bits per heavy atom. The lowest BCUT2D eigenvalue weighted by Gasteiger charge is -2.15. The van der Waals surface area contributed by atoms with Crippen molar-refractivity contribution in [3.63, 3.8) is 0 Å². The average molecular weight is 369 g/mol. The SMILES string of the molecule is Cc1ccc(N2C(=O)C3ON=C(c4ccc(F)cc4)C3C2=O)cc1[N+](=O)[O-]. The predicted octanol–water partition coefficient (Wildman–Crippen LogP) is 2.33. The second-order valence-corrected chi connectivity index (χ2v) is 6.23. The lowest BCUT2D eigenvalue weighted by atomic mass is 9.94. The van der Waals surface area contributed by atoms with Crippen LogP contribution in [-0.2, 0) is 14.4 Å². The summed E-state index contributed by atoms with van der Waals surface area (Å²) < 4.78 is 13.1. The second kappa shape index (κ2) is 5.97. The molecule has 0 bridgehead atoms. The molecule has 0 radical (unpaired) electrons. The van der Waals surface area contributed by atoms with Crippen LogP contribution in [0.5, 0.6) is 0 Å². The van der Waals surface area contributed by atoms with Crippen molar-refractivity contribution in [2.45, 2.75) is 13.0 Å². The van der Waals surface area contributed by atoms with Crippen molar-refractivity contribution in [3.05, 3.63) is 69.5 Å². The molecule has 27 heavy (non-hydrogen) atoms. The van der Waals surface area contributed by atoms with Crippen LogP contribution in [-0.4, -0.2) is 28.6 Å². The molecule has 0 aromatic heterocycles. The van der Waals surface area contributed by atoms with E-state index in [-0.39, 0.29) is 17.1 Å². The molecule has 2 atom stereocenters. The summed E-state index contributed by atoms with van der Waals surface area (Å²) in [6, 6.07) is 9.43. The number of aryl methyl sites for hydroxylation is 1. The van der Waals surface area contributed by atoms with Crippen molar-refractivity contribution in [2.24, 2.45) is 11.1 Å². The Bertz CT molecular complexity index is 1020. The number of anilines is 1. The van der Waals surface area contributed by atoms with Crippen LogP contribution in [0, 0.1) is 28.8 Å². The Hall–Kier alpha value is -3.62. The van der Waals surface area contributed by atoms with Crippen molar-refractivity contribution >= 4 is 28.9 Å². The molecule has 2 aromatic rings. The van der Waals surface area contributed by atoms with Crippen LogP contribution in [0.3, 0.4) is 0 Å². The minimum atomic E-state index is -1.14. The first-order chi connectivity index (χ1) is 12.9. The summed E-state index contributed by atoms with van der Waals surface area (Å²) in [5, 5.41) is 15.0. The van der Waals surface area contributed by atoms with E-state index in [2.05, 4.69) is 5.16 Å². The number of halogens is 1. The minimum absolute atomic E-state index is 0.0961. The number of carbonyl (C=O) groups is 2. The summed E-state index contributed by atoms with van der Waals surface area (Å²) in [5.74, 6) is -2.67. The van der Waals surface area contributed by atoms with Gasteiger partial charge in [-0.15, -0.1) is 0 Å². The van der Waals surface area contributed by atoms with Crippen molar-refractivity contribution in [1.82, 2.24) is 0 Å². The van der Waals surface area contributed by atoms with E-state index in [4.69, 9.17) is 4.84 Å². The molecule has 9 heteroatoms. The summed E-state index contributed by atoms with van der Waals surface area (Å²) in [5.41, 5.74) is 0.995. The topological polar surface area (TPSA) is 102 Å². The molecule has 2 amide bonds. The molecule has 0 aliphatic carbocycles. The number of oxime groups is 1. The zero-order chi connectivity index (χ0) is 19.3. The lowest BCUT2D eigenvalue weighted by Crippen LogP contribution is -2.33. The van der Waals surface area contributed by atoms with Gasteiger partial charge in [-0.3, -0.25) is 19.7 Å². The Labute approximate surface area is 152 Å². The standard InChI is InChI=1S/C18H12FN3O5/c1-9-2-7-12(8-13(9)22(25)26)21-17(23)14-15(20-27-16(14)18(21)24)10-3-5-11(19)6-4-10/h2-8,14,16H,1H3. The fourth-order valence-electron chi connectivity index (χ4n) is 3.22. The molecule has 4 rings (SSSR count).